The Morgan fingerprint density at radius 2 is 0.808 bits per heavy atom. The first kappa shape index (κ1) is 21.1. The van der Waals surface area contributed by atoms with Crippen LogP contribution in [0.3, 0.4) is 0 Å². The molecule has 142 valence electrons. The smallest absolute Gasteiger partial charge is 0.185 e. The van der Waals surface area contributed by atoms with Gasteiger partial charge in [0.25, 0.3) is 0 Å². The molecule has 2 nitrogen and oxygen atoms in total. The fourth-order valence-electron chi connectivity index (χ4n) is 3.60. The van der Waals surface area contributed by atoms with E-state index in [-0.39, 0.29) is 0 Å². The minimum Gasteiger partial charge on any atom is -0.405 e. The minimum atomic E-state index is -1.86. The van der Waals surface area contributed by atoms with Crippen LogP contribution in [0.4, 0.5) is 0 Å². The molecule has 0 saturated heterocycles. The summed E-state index contributed by atoms with van der Waals surface area (Å²) in [6.45, 7) is 17.9. The molecule has 0 bridgehead atoms. The van der Waals surface area contributed by atoms with Crippen molar-refractivity contribution in [1.82, 2.24) is 0 Å². The summed E-state index contributed by atoms with van der Waals surface area (Å²) < 4.78 is 13.8. The Morgan fingerprint density at radius 1 is 0.538 bits per heavy atom. The summed E-state index contributed by atoms with van der Waals surface area (Å²) in [5.74, 6) is 0. The molecule has 2 atom stereocenters. The van der Waals surface area contributed by atoms with Crippen LogP contribution in [-0.2, 0) is 20.1 Å². The highest BCUT2D eigenvalue weighted by Gasteiger charge is 2.52. The van der Waals surface area contributed by atoms with Gasteiger partial charge in [-0.3, -0.25) is 0 Å². The minimum absolute atomic E-state index is 0.583. The van der Waals surface area contributed by atoms with Crippen LogP contribution in [0.5, 0.6) is 0 Å². The van der Waals surface area contributed by atoms with E-state index in [1.807, 2.05) is 0 Å². The normalized spacial score (nSPS) is 17.4. The van der Waals surface area contributed by atoms with E-state index in [4.69, 9.17) is 8.85 Å². The van der Waals surface area contributed by atoms with E-state index < -0.39 is 27.8 Å². The highest BCUT2D eigenvalue weighted by atomic mass is 28.4. The molecule has 0 amide bonds. The highest BCUT2D eigenvalue weighted by Crippen LogP contribution is 2.48. The van der Waals surface area contributed by atoms with E-state index in [2.05, 4.69) is 114 Å². The molecule has 0 aliphatic carbocycles. The van der Waals surface area contributed by atoms with Crippen molar-refractivity contribution in [1.29, 1.82) is 0 Å². The lowest BCUT2D eigenvalue weighted by molar-refractivity contribution is -0.118. The van der Waals surface area contributed by atoms with Crippen molar-refractivity contribution < 1.29 is 8.85 Å². The summed E-state index contributed by atoms with van der Waals surface area (Å²) in [6.07, 6.45) is 0. The monoisotopic (exact) mass is 386 g/mol. The van der Waals surface area contributed by atoms with Crippen LogP contribution in [0.25, 0.3) is 0 Å². The molecule has 2 aromatic rings. The Bertz CT molecular complexity index is 641. The van der Waals surface area contributed by atoms with E-state index in [9.17, 15) is 0 Å². The molecule has 0 aliphatic heterocycles. The summed E-state index contributed by atoms with van der Waals surface area (Å²) in [5.41, 5.74) is 1.15. The van der Waals surface area contributed by atoms with Gasteiger partial charge in [-0.1, -0.05) is 60.7 Å². The maximum Gasteiger partial charge on any atom is 0.185 e. The molecule has 0 aliphatic rings. The third-order valence-electron chi connectivity index (χ3n) is 4.58. The lowest BCUT2D eigenvalue weighted by Gasteiger charge is -2.52. The second kappa shape index (κ2) is 7.43. The van der Waals surface area contributed by atoms with Gasteiger partial charge in [0.1, 0.15) is 11.2 Å². The molecule has 0 N–H and O–H groups in total. The van der Waals surface area contributed by atoms with Crippen molar-refractivity contribution in [2.45, 2.75) is 64.3 Å². The topological polar surface area (TPSA) is 18.5 Å². The Balaban J connectivity index is 2.73. The lowest BCUT2D eigenvalue weighted by Crippen LogP contribution is -2.56. The summed E-state index contributed by atoms with van der Waals surface area (Å²) in [5, 5.41) is 0. The third-order valence-corrected chi connectivity index (χ3v) is 6.62. The quantitative estimate of drug-likeness (QED) is 0.504. The second-order valence-electron chi connectivity index (χ2n) is 9.23. The molecule has 0 radical (unpaired) electrons. The van der Waals surface area contributed by atoms with Gasteiger partial charge in [0, 0.05) is 0 Å². The Morgan fingerprint density at radius 3 is 1.04 bits per heavy atom. The average Bonchev–Trinajstić information content (AvgIpc) is 2.53. The summed E-state index contributed by atoms with van der Waals surface area (Å²) in [4.78, 5) is 0. The van der Waals surface area contributed by atoms with Gasteiger partial charge in [-0.25, -0.2) is 0 Å². The summed E-state index contributed by atoms with van der Waals surface area (Å²) in [6, 6.07) is 21.1. The maximum absolute atomic E-state index is 6.91. The van der Waals surface area contributed by atoms with Gasteiger partial charge < -0.3 is 8.85 Å². The Labute approximate surface area is 161 Å². The zero-order valence-electron chi connectivity index (χ0n) is 17.6. The summed E-state index contributed by atoms with van der Waals surface area (Å²) in [7, 11) is -3.72. The molecule has 0 saturated carbocycles. The first-order valence-corrected chi connectivity index (χ1v) is 16.2. The van der Waals surface area contributed by atoms with Crippen LogP contribution in [0.15, 0.2) is 60.7 Å². The molecular formula is C22H34O2Si2. The average molecular weight is 387 g/mol. The molecule has 4 heteroatoms. The Hall–Kier alpha value is -1.21. The molecule has 26 heavy (non-hydrogen) atoms. The van der Waals surface area contributed by atoms with E-state index >= 15 is 0 Å². The van der Waals surface area contributed by atoms with Gasteiger partial charge in [0.2, 0.25) is 0 Å². The molecule has 2 rings (SSSR count). The van der Waals surface area contributed by atoms with Gasteiger partial charge >= 0.3 is 0 Å². The van der Waals surface area contributed by atoms with Crippen molar-refractivity contribution in [3.63, 3.8) is 0 Å². The fourth-order valence-corrected chi connectivity index (χ4v) is 6.68. The van der Waals surface area contributed by atoms with Crippen LogP contribution in [0.1, 0.15) is 25.0 Å². The van der Waals surface area contributed by atoms with E-state index in [1.54, 1.807) is 0 Å². The molecule has 2 aromatic carbocycles. The van der Waals surface area contributed by atoms with E-state index in [0.29, 0.717) is 0 Å². The van der Waals surface area contributed by atoms with E-state index in [0.717, 1.165) is 11.1 Å². The van der Waals surface area contributed by atoms with Crippen LogP contribution >= 0.6 is 0 Å². The number of benzene rings is 2. The number of hydrogen-bond donors (Lipinski definition) is 0. The van der Waals surface area contributed by atoms with Crippen LogP contribution in [-0.4, -0.2) is 16.6 Å². The predicted octanol–water partition coefficient (Wildman–Crippen LogP) is 6.52. The molecule has 2 unspecified atom stereocenters. The van der Waals surface area contributed by atoms with Gasteiger partial charge in [0.05, 0.1) is 0 Å². The third kappa shape index (κ3) is 4.74. The first-order chi connectivity index (χ1) is 11.9. The molecule has 0 aromatic heterocycles. The Kier molecular flexibility index (Phi) is 6.03. The van der Waals surface area contributed by atoms with Crippen LogP contribution < -0.4 is 0 Å². The zero-order chi connectivity index (χ0) is 19.6. The first-order valence-electron chi connectivity index (χ1n) is 9.39. The van der Waals surface area contributed by atoms with Crippen LogP contribution in [0, 0.1) is 0 Å². The van der Waals surface area contributed by atoms with Crippen molar-refractivity contribution >= 4 is 16.6 Å². The standard InChI is InChI=1S/C22H34O2Si2/c1-21(23-25(3,4)5,19-15-11-9-12-16-19)22(2,24-26(6,7)8)20-17-13-10-14-18-20/h9-18H,1-8H3. The van der Waals surface area contributed by atoms with Gasteiger partial charge in [0.15, 0.2) is 16.6 Å². The van der Waals surface area contributed by atoms with Gasteiger partial charge in [-0.2, -0.15) is 0 Å². The van der Waals surface area contributed by atoms with Crippen molar-refractivity contribution in [3.8, 4) is 0 Å². The van der Waals surface area contributed by atoms with Crippen LogP contribution in [0.2, 0.25) is 39.3 Å². The predicted molar refractivity (Wildman–Crippen MR) is 116 cm³/mol. The van der Waals surface area contributed by atoms with E-state index in [1.165, 1.54) is 0 Å². The van der Waals surface area contributed by atoms with Gasteiger partial charge in [-0.05, 0) is 64.3 Å². The molecule has 0 spiro atoms. The molecular weight excluding hydrogens is 352 g/mol. The number of hydrogen-bond acceptors (Lipinski definition) is 2. The fraction of sp³-hybridized carbons (Fsp3) is 0.455. The largest absolute Gasteiger partial charge is 0.405 e. The number of rotatable bonds is 7. The zero-order valence-corrected chi connectivity index (χ0v) is 19.6. The molecule has 0 fully saturated rings. The molecule has 0 heterocycles. The van der Waals surface area contributed by atoms with Crippen molar-refractivity contribution in [3.05, 3.63) is 71.8 Å². The highest BCUT2D eigenvalue weighted by molar-refractivity contribution is 6.70. The lowest BCUT2D eigenvalue weighted by atomic mass is 9.76. The SMILES string of the molecule is CC(O[Si](C)(C)C)(c1ccccc1)C(C)(O[Si](C)(C)C)c1ccccc1. The van der Waals surface area contributed by atoms with Crippen molar-refractivity contribution in [2.24, 2.45) is 0 Å². The second-order valence-corrected chi connectivity index (χ2v) is 18.1. The summed E-state index contributed by atoms with van der Waals surface area (Å²) >= 11 is 0. The van der Waals surface area contributed by atoms with Crippen molar-refractivity contribution in [2.75, 3.05) is 0 Å². The van der Waals surface area contributed by atoms with Gasteiger partial charge in [-0.15, -0.1) is 0 Å². The maximum atomic E-state index is 6.91.